The third-order valence-electron chi connectivity index (χ3n) is 6.41. The fourth-order valence-corrected chi connectivity index (χ4v) is 4.53. The third-order valence-corrected chi connectivity index (χ3v) is 6.41. The van der Waals surface area contributed by atoms with Crippen LogP contribution in [0.25, 0.3) is 0 Å². The van der Waals surface area contributed by atoms with Crippen LogP contribution in [-0.4, -0.2) is 51.1 Å². The van der Waals surface area contributed by atoms with Gasteiger partial charge in [0, 0.05) is 42.7 Å². The second kappa shape index (κ2) is 11.0. The Kier molecular flexibility index (Phi) is 7.55. The number of ether oxygens (including phenoxy) is 3. The molecule has 1 heterocycles. The number of carbonyl (C=O) groups excluding carboxylic acids is 2. The van der Waals surface area contributed by atoms with Crippen LogP contribution in [0.15, 0.2) is 72.8 Å². The van der Waals surface area contributed by atoms with Crippen molar-refractivity contribution in [2.75, 3.05) is 34.4 Å². The predicted octanol–water partition coefficient (Wildman–Crippen LogP) is 3.88. The summed E-state index contributed by atoms with van der Waals surface area (Å²) in [4.78, 5) is 28.5. The summed E-state index contributed by atoms with van der Waals surface area (Å²) in [7, 11) is 4.76. The van der Waals surface area contributed by atoms with E-state index in [1.54, 1.807) is 56.6 Å². The highest BCUT2D eigenvalue weighted by Crippen LogP contribution is 2.40. The lowest BCUT2D eigenvalue weighted by Gasteiger charge is -2.21. The van der Waals surface area contributed by atoms with E-state index in [-0.39, 0.29) is 17.7 Å². The van der Waals surface area contributed by atoms with Gasteiger partial charge in [0.2, 0.25) is 5.91 Å². The molecule has 2 amide bonds. The maximum atomic E-state index is 13.4. The van der Waals surface area contributed by atoms with Gasteiger partial charge in [-0.1, -0.05) is 42.5 Å². The molecule has 3 aromatic rings. The largest absolute Gasteiger partial charge is 0.497 e. The van der Waals surface area contributed by atoms with Crippen molar-refractivity contribution < 1.29 is 23.8 Å². The number of rotatable bonds is 8. The molecular weight excluding hydrogens is 444 g/mol. The molecule has 4 rings (SSSR count). The molecule has 182 valence electrons. The van der Waals surface area contributed by atoms with E-state index >= 15 is 0 Å². The summed E-state index contributed by atoms with van der Waals surface area (Å²) in [5.41, 5.74) is 2.41. The Morgan fingerprint density at radius 3 is 2.31 bits per heavy atom. The second-order valence-electron chi connectivity index (χ2n) is 8.47. The quantitative estimate of drug-likeness (QED) is 0.536. The lowest BCUT2D eigenvalue weighted by Crippen LogP contribution is -2.35. The van der Waals surface area contributed by atoms with Crippen molar-refractivity contribution in [1.29, 1.82) is 0 Å². The zero-order chi connectivity index (χ0) is 24.8. The van der Waals surface area contributed by atoms with Crippen LogP contribution >= 0.6 is 0 Å². The van der Waals surface area contributed by atoms with Crippen LogP contribution in [0.3, 0.4) is 0 Å². The highest BCUT2D eigenvalue weighted by molar-refractivity contribution is 5.95. The molecule has 1 N–H and O–H groups in total. The summed E-state index contributed by atoms with van der Waals surface area (Å²) < 4.78 is 16.3. The van der Waals surface area contributed by atoms with E-state index in [9.17, 15) is 9.59 Å². The van der Waals surface area contributed by atoms with Gasteiger partial charge in [0.15, 0.2) is 0 Å². The molecule has 0 saturated carbocycles. The van der Waals surface area contributed by atoms with Gasteiger partial charge in [0.25, 0.3) is 5.91 Å². The minimum Gasteiger partial charge on any atom is -0.497 e. The Morgan fingerprint density at radius 2 is 1.60 bits per heavy atom. The number of benzene rings is 3. The van der Waals surface area contributed by atoms with Gasteiger partial charge in [0.05, 0.1) is 27.2 Å². The number of amides is 2. The van der Waals surface area contributed by atoms with Crippen molar-refractivity contribution >= 4 is 11.8 Å². The van der Waals surface area contributed by atoms with Crippen LogP contribution in [0.4, 0.5) is 0 Å². The number of hydrogen-bond donors (Lipinski definition) is 1. The number of hydrogen-bond acceptors (Lipinski definition) is 5. The van der Waals surface area contributed by atoms with Gasteiger partial charge in [-0.15, -0.1) is 0 Å². The van der Waals surface area contributed by atoms with Gasteiger partial charge >= 0.3 is 0 Å². The summed E-state index contributed by atoms with van der Waals surface area (Å²) >= 11 is 0. The van der Waals surface area contributed by atoms with E-state index in [4.69, 9.17) is 14.2 Å². The number of nitrogens with zero attached hydrogens (tertiary/aromatic N) is 1. The van der Waals surface area contributed by atoms with Crippen LogP contribution in [-0.2, 0) is 11.3 Å². The molecule has 2 unspecified atom stereocenters. The lowest BCUT2D eigenvalue weighted by molar-refractivity contribution is -0.125. The normalized spacial score (nSPS) is 17.1. The molecule has 0 bridgehead atoms. The minimum atomic E-state index is -0.435. The van der Waals surface area contributed by atoms with Gasteiger partial charge < -0.3 is 24.4 Å². The monoisotopic (exact) mass is 474 g/mol. The molecule has 7 heteroatoms. The first kappa shape index (κ1) is 24.1. The zero-order valence-electron chi connectivity index (χ0n) is 20.2. The van der Waals surface area contributed by atoms with Crippen molar-refractivity contribution in [3.63, 3.8) is 0 Å². The standard InChI is InChI=1S/C28H30N2O5/c1-33-21-11-7-10-20(14-21)28(32)30-17-24(23-13-12-22(34-2)15-26(23)35-3)25(18-30)27(31)29-16-19-8-5-4-6-9-19/h4-15,24-25H,16-18H2,1-3H3,(H,29,31). The SMILES string of the molecule is COc1cccc(C(=O)N2CC(C(=O)NCc3ccccc3)C(c3ccc(OC)cc3OC)C2)c1. The lowest BCUT2D eigenvalue weighted by atomic mass is 9.87. The Labute approximate surface area is 205 Å². The van der Waals surface area contributed by atoms with Gasteiger partial charge in [-0.05, 0) is 29.8 Å². The van der Waals surface area contributed by atoms with E-state index < -0.39 is 5.92 Å². The summed E-state index contributed by atoms with van der Waals surface area (Å²) in [6.45, 7) is 1.12. The van der Waals surface area contributed by atoms with E-state index in [0.29, 0.717) is 42.4 Å². The Bertz CT molecular complexity index is 1180. The molecule has 1 aliphatic rings. The number of carbonyl (C=O) groups is 2. The first-order valence-corrected chi connectivity index (χ1v) is 11.5. The molecule has 0 radical (unpaired) electrons. The molecular formula is C28H30N2O5. The Hall–Kier alpha value is -4.00. The highest BCUT2D eigenvalue weighted by Gasteiger charge is 2.41. The predicted molar refractivity (Wildman–Crippen MR) is 133 cm³/mol. The number of nitrogens with one attached hydrogen (secondary N) is 1. The summed E-state index contributed by atoms with van der Waals surface area (Å²) in [6.07, 6.45) is 0. The number of methoxy groups -OCH3 is 3. The maximum absolute atomic E-state index is 13.4. The van der Waals surface area contributed by atoms with Crippen molar-refractivity contribution in [2.24, 2.45) is 5.92 Å². The molecule has 2 atom stereocenters. The molecule has 7 nitrogen and oxygen atoms in total. The van der Waals surface area contributed by atoms with Crippen LogP contribution in [0.5, 0.6) is 17.2 Å². The van der Waals surface area contributed by atoms with E-state index in [0.717, 1.165) is 11.1 Å². The smallest absolute Gasteiger partial charge is 0.254 e. The molecule has 0 spiro atoms. The van der Waals surface area contributed by atoms with Crippen LogP contribution < -0.4 is 19.5 Å². The topological polar surface area (TPSA) is 77.1 Å². The molecule has 1 saturated heterocycles. The average Bonchev–Trinajstić information content (AvgIpc) is 3.36. The number of likely N-dealkylation sites (tertiary alicyclic amines) is 1. The molecule has 1 fully saturated rings. The third kappa shape index (κ3) is 5.40. The fourth-order valence-electron chi connectivity index (χ4n) is 4.53. The molecule has 35 heavy (non-hydrogen) atoms. The van der Waals surface area contributed by atoms with Crippen molar-refractivity contribution in [3.8, 4) is 17.2 Å². The van der Waals surface area contributed by atoms with Gasteiger partial charge in [0.1, 0.15) is 17.2 Å². The molecule has 0 aliphatic carbocycles. The second-order valence-corrected chi connectivity index (χ2v) is 8.47. The molecule has 3 aromatic carbocycles. The summed E-state index contributed by atoms with van der Waals surface area (Å²) in [6, 6.07) is 22.4. The minimum absolute atomic E-state index is 0.0994. The van der Waals surface area contributed by atoms with Crippen LogP contribution in [0.2, 0.25) is 0 Å². The van der Waals surface area contributed by atoms with E-state index in [1.807, 2.05) is 42.5 Å². The fraction of sp³-hybridized carbons (Fsp3) is 0.286. The van der Waals surface area contributed by atoms with Crippen molar-refractivity contribution in [2.45, 2.75) is 12.5 Å². The van der Waals surface area contributed by atoms with Gasteiger partial charge in [-0.25, -0.2) is 0 Å². The Balaban J connectivity index is 1.61. The molecule has 1 aliphatic heterocycles. The zero-order valence-corrected chi connectivity index (χ0v) is 20.2. The first-order chi connectivity index (χ1) is 17.0. The van der Waals surface area contributed by atoms with E-state index in [2.05, 4.69) is 5.32 Å². The van der Waals surface area contributed by atoms with Crippen molar-refractivity contribution in [1.82, 2.24) is 10.2 Å². The average molecular weight is 475 g/mol. The summed E-state index contributed by atoms with van der Waals surface area (Å²) in [5.74, 6) is 0.999. The maximum Gasteiger partial charge on any atom is 0.254 e. The van der Waals surface area contributed by atoms with Crippen LogP contribution in [0.1, 0.15) is 27.4 Å². The Morgan fingerprint density at radius 1 is 0.857 bits per heavy atom. The van der Waals surface area contributed by atoms with Gasteiger partial charge in [-0.3, -0.25) is 9.59 Å². The van der Waals surface area contributed by atoms with E-state index in [1.165, 1.54) is 0 Å². The van der Waals surface area contributed by atoms with Crippen LogP contribution in [0, 0.1) is 5.92 Å². The summed E-state index contributed by atoms with van der Waals surface area (Å²) in [5, 5.41) is 3.06. The van der Waals surface area contributed by atoms with Crippen molar-refractivity contribution in [3.05, 3.63) is 89.5 Å². The highest BCUT2D eigenvalue weighted by atomic mass is 16.5. The first-order valence-electron chi connectivity index (χ1n) is 11.5. The van der Waals surface area contributed by atoms with Gasteiger partial charge in [-0.2, -0.15) is 0 Å². The molecule has 0 aromatic heterocycles.